The predicted molar refractivity (Wildman–Crippen MR) is 104 cm³/mol. The van der Waals surface area contributed by atoms with E-state index < -0.39 is 0 Å². The first kappa shape index (κ1) is 19.9. The van der Waals surface area contributed by atoms with Gasteiger partial charge in [-0.15, -0.1) is 0 Å². The van der Waals surface area contributed by atoms with Gasteiger partial charge >= 0.3 is 0 Å². The third-order valence-corrected chi connectivity index (χ3v) is 4.47. The maximum atomic E-state index is 13.0. The molecule has 0 aromatic heterocycles. The first-order valence-electron chi connectivity index (χ1n) is 8.55. The summed E-state index contributed by atoms with van der Waals surface area (Å²) in [6.07, 6.45) is 0.715. The van der Waals surface area contributed by atoms with Crippen LogP contribution in [-0.2, 0) is 6.42 Å². The molecule has 3 aromatic rings. The molecule has 2 nitrogen and oxygen atoms in total. The number of Topliss-reactive ketones (excluding diaryl/α,β-unsaturated/α-hetero) is 1. The monoisotopic (exact) mass is 364 g/mol. The van der Waals surface area contributed by atoms with E-state index in [4.69, 9.17) is 0 Å². The molecule has 0 saturated carbocycles. The summed E-state index contributed by atoms with van der Waals surface area (Å²) < 4.78 is 0. The van der Waals surface area contributed by atoms with Gasteiger partial charge in [-0.3, -0.25) is 9.69 Å². The minimum atomic E-state index is -0.162. The lowest BCUT2D eigenvalue weighted by molar-refractivity contribution is -0.0000133. The molecule has 1 atom stereocenters. The highest BCUT2D eigenvalue weighted by molar-refractivity contribution is 6.00. The van der Waals surface area contributed by atoms with Crippen LogP contribution in [-0.4, -0.2) is 30.8 Å². The summed E-state index contributed by atoms with van der Waals surface area (Å²) in [5, 5.41) is 0. The van der Waals surface area contributed by atoms with Crippen molar-refractivity contribution in [3.8, 4) is 11.1 Å². The number of rotatable bonds is 6. The van der Waals surface area contributed by atoms with Gasteiger partial charge in [-0.25, -0.2) is 0 Å². The second kappa shape index (κ2) is 9.33. The van der Waals surface area contributed by atoms with Gasteiger partial charge in [-0.05, 0) is 37.2 Å². The van der Waals surface area contributed by atoms with Crippen LogP contribution in [0.15, 0.2) is 84.9 Å². The van der Waals surface area contributed by atoms with Crippen molar-refractivity contribution in [2.75, 3.05) is 14.1 Å². The largest absolute Gasteiger partial charge is 1.00 e. The molecule has 0 aliphatic carbocycles. The fraction of sp³-hybridized carbons (Fsp3) is 0.174. The Morgan fingerprint density at radius 1 is 0.769 bits per heavy atom. The molecule has 0 heterocycles. The fourth-order valence-corrected chi connectivity index (χ4v) is 3.00. The molecule has 0 radical (unpaired) electrons. The smallest absolute Gasteiger partial charge is 0.180 e. The fourth-order valence-electron chi connectivity index (χ4n) is 3.00. The summed E-state index contributed by atoms with van der Waals surface area (Å²) in [6, 6.07) is 28.1. The highest BCUT2D eigenvalue weighted by Gasteiger charge is 2.22. The average Bonchev–Trinajstić information content (AvgIpc) is 2.67. The third-order valence-electron chi connectivity index (χ3n) is 4.47. The molecule has 0 N–H and O–H groups in total. The molecule has 3 heteroatoms. The van der Waals surface area contributed by atoms with E-state index in [0.29, 0.717) is 6.42 Å². The molecule has 0 fully saturated rings. The minimum absolute atomic E-state index is 0. The van der Waals surface area contributed by atoms with E-state index >= 15 is 0 Å². The number of carbonyl (C=O) groups excluding carboxylic acids is 1. The molecule has 3 rings (SSSR count). The summed E-state index contributed by atoms with van der Waals surface area (Å²) in [6.45, 7) is 0. The molecule has 3 aromatic carbocycles. The van der Waals surface area contributed by atoms with E-state index in [0.717, 1.165) is 16.7 Å². The molecule has 0 amide bonds. The molecule has 26 heavy (non-hydrogen) atoms. The van der Waals surface area contributed by atoms with Crippen molar-refractivity contribution < 1.29 is 17.2 Å². The van der Waals surface area contributed by atoms with Gasteiger partial charge in [-0.1, -0.05) is 84.9 Å². The second-order valence-corrected chi connectivity index (χ2v) is 6.48. The van der Waals surface area contributed by atoms with Crippen LogP contribution < -0.4 is 12.4 Å². The molecular formula is C23H23ClNO-. The molecular weight excluding hydrogens is 342 g/mol. The molecule has 0 aliphatic heterocycles. The summed E-state index contributed by atoms with van der Waals surface area (Å²) >= 11 is 0. The van der Waals surface area contributed by atoms with Gasteiger partial charge in [-0.2, -0.15) is 0 Å². The second-order valence-electron chi connectivity index (χ2n) is 6.48. The quantitative estimate of drug-likeness (QED) is 0.621. The predicted octanol–water partition coefficient (Wildman–Crippen LogP) is 1.71. The van der Waals surface area contributed by atoms with Crippen molar-refractivity contribution in [3.05, 3.63) is 96.1 Å². The van der Waals surface area contributed by atoms with Gasteiger partial charge in [0.15, 0.2) is 5.78 Å². The van der Waals surface area contributed by atoms with Crippen molar-refractivity contribution in [1.29, 1.82) is 0 Å². The third kappa shape index (κ3) is 4.81. The number of nitrogens with zero attached hydrogens (tertiary/aromatic N) is 1. The summed E-state index contributed by atoms with van der Waals surface area (Å²) in [5.41, 5.74) is 4.22. The van der Waals surface area contributed by atoms with E-state index in [1.54, 1.807) is 0 Å². The van der Waals surface area contributed by atoms with Gasteiger partial charge in [0.1, 0.15) is 0 Å². The molecule has 134 valence electrons. The lowest BCUT2D eigenvalue weighted by atomic mass is 9.95. The van der Waals surface area contributed by atoms with Crippen molar-refractivity contribution in [2.45, 2.75) is 12.5 Å². The van der Waals surface area contributed by atoms with E-state index in [9.17, 15) is 4.79 Å². The van der Waals surface area contributed by atoms with Crippen LogP contribution in [0.25, 0.3) is 11.1 Å². The van der Waals surface area contributed by atoms with Gasteiger partial charge < -0.3 is 12.4 Å². The number of benzene rings is 3. The number of halogens is 1. The number of carbonyl (C=O) groups is 1. The van der Waals surface area contributed by atoms with Gasteiger partial charge in [0, 0.05) is 5.56 Å². The lowest BCUT2D eigenvalue weighted by Gasteiger charge is -2.23. The van der Waals surface area contributed by atoms with Crippen LogP contribution in [0.2, 0.25) is 0 Å². The van der Waals surface area contributed by atoms with Crippen LogP contribution in [0.1, 0.15) is 15.9 Å². The number of hydrogen-bond donors (Lipinski definition) is 0. The van der Waals surface area contributed by atoms with Crippen LogP contribution in [0.5, 0.6) is 0 Å². The molecule has 1 unspecified atom stereocenters. The van der Waals surface area contributed by atoms with Gasteiger partial charge in [0.25, 0.3) is 0 Å². The lowest BCUT2D eigenvalue weighted by Crippen LogP contribution is -3.00. The number of hydrogen-bond acceptors (Lipinski definition) is 2. The normalized spacial score (nSPS) is 11.7. The number of likely N-dealkylation sites (N-methyl/N-ethyl adjacent to an activating group) is 1. The van der Waals surface area contributed by atoms with Crippen molar-refractivity contribution in [3.63, 3.8) is 0 Å². The van der Waals surface area contributed by atoms with E-state index in [-0.39, 0.29) is 24.2 Å². The number of ketones is 1. The Morgan fingerprint density at radius 3 is 1.81 bits per heavy atom. The zero-order chi connectivity index (χ0) is 17.6. The van der Waals surface area contributed by atoms with Crippen molar-refractivity contribution in [1.82, 2.24) is 4.90 Å². The topological polar surface area (TPSA) is 20.3 Å². The Labute approximate surface area is 161 Å². The molecule has 0 saturated heterocycles. The van der Waals surface area contributed by atoms with E-state index in [1.165, 1.54) is 5.56 Å². The highest BCUT2D eigenvalue weighted by atomic mass is 35.5. The molecule has 0 bridgehead atoms. The SMILES string of the molecule is CN(C)C(Cc1ccccc1)C(=O)c1ccc(-c2ccccc2)cc1.[Cl-]. The maximum Gasteiger partial charge on any atom is 0.180 e. The zero-order valence-electron chi connectivity index (χ0n) is 15.1. The standard InChI is InChI=1S/C23H23NO.ClH/c1-24(2)22(17-18-9-5-3-6-10-18)23(25)21-15-13-20(14-16-21)19-11-7-4-8-12-19;/h3-16,22H,17H2,1-2H3;1H/p-1. The maximum absolute atomic E-state index is 13.0. The Bertz CT molecular complexity index is 814. The Kier molecular flexibility index (Phi) is 7.14. The zero-order valence-corrected chi connectivity index (χ0v) is 15.9. The van der Waals surface area contributed by atoms with Crippen LogP contribution >= 0.6 is 0 Å². The summed E-state index contributed by atoms with van der Waals surface area (Å²) in [5.74, 6) is 0.161. The molecule has 0 spiro atoms. The van der Waals surface area contributed by atoms with E-state index in [1.807, 2.05) is 79.7 Å². The van der Waals surface area contributed by atoms with Crippen LogP contribution in [0.3, 0.4) is 0 Å². The summed E-state index contributed by atoms with van der Waals surface area (Å²) in [7, 11) is 3.92. The molecule has 0 aliphatic rings. The van der Waals surface area contributed by atoms with Crippen molar-refractivity contribution >= 4 is 5.78 Å². The van der Waals surface area contributed by atoms with E-state index in [2.05, 4.69) is 24.3 Å². The Balaban J connectivity index is 0.00000243. The Hall–Kier alpha value is -2.42. The summed E-state index contributed by atoms with van der Waals surface area (Å²) in [4.78, 5) is 15.0. The van der Waals surface area contributed by atoms with Crippen molar-refractivity contribution in [2.24, 2.45) is 0 Å². The van der Waals surface area contributed by atoms with Gasteiger partial charge in [0.05, 0.1) is 6.04 Å². The Morgan fingerprint density at radius 2 is 1.27 bits per heavy atom. The first-order valence-corrected chi connectivity index (χ1v) is 8.55. The minimum Gasteiger partial charge on any atom is -1.00 e. The van der Waals surface area contributed by atoms with Crippen LogP contribution in [0.4, 0.5) is 0 Å². The average molecular weight is 365 g/mol. The van der Waals surface area contributed by atoms with Gasteiger partial charge in [0.2, 0.25) is 0 Å². The highest BCUT2D eigenvalue weighted by Crippen LogP contribution is 2.21. The van der Waals surface area contributed by atoms with Crippen LogP contribution in [0, 0.1) is 0 Å². The first-order chi connectivity index (χ1) is 12.1.